The molecule has 0 fully saturated rings. The lowest BCUT2D eigenvalue weighted by atomic mass is 10.2. The monoisotopic (exact) mass is 125 g/mol. The Labute approximate surface area is 53.4 Å². The molecule has 0 amide bonds. The molecule has 1 aromatic carbocycles. The number of aryl methyl sites for hydroxylation is 1. The van der Waals surface area contributed by atoms with E-state index in [-0.39, 0.29) is 0 Å². The fraction of sp³-hybridized carbons (Fsp3) is 0.143. The second kappa shape index (κ2) is 2.49. The Kier molecular flexibility index (Phi) is 1.68. The Bertz CT molecular complexity index is 198. The summed E-state index contributed by atoms with van der Waals surface area (Å²) in [4.78, 5) is 0. The van der Waals surface area contributed by atoms with Crippen molar-refractivity contribution in [1.29, 1.82) is 0 Å². The van der Waals surface area contributed by atoms with E-state index < -0.39 is 0 Å². The molecule has 0 saturated carbocycles. The van der Waals surface area contributed by atoms with Gasteiger partial charge in [-0.3, -0.25) is 0 Å². The third kappa shape index (κ3) is 1.42. The van der Waals surface area contributed by atoms with E-state index in [2.05, 4.69) is 0 Å². The van der Waals surface area contributed by atoms with Gasteiger partial charge in [-0.1, -0.05) is 12.1 Å². The first-order valence-corrected chi connectivity index (χ1v) is 2.76. The zero-order valence-electron chi connectivity index (χ0n) is 5.19. The van der Waals surface area contributed by atoms with Crippen LogP contribution in [0.2, 0.25) is 0 Å². The van der Waals surface area contributed by atoms with E-state index in [1.165, 1.54) is 0 Å². The number of benzene rings is 1. The molecule has 0 aliphatic rings. The maximum absolute atomic E-state index is 11.7. The van der Waals surface area contributed by atoms with Crippen LogP contribution in [0, 0.1) is 6.92 Å². The highest BCUT2D eigenvalue weighted by Gasteiger charge is 1.86. The van der Waals surface area contributed by atoms with Crippen molar-refractivity contribution in [1.82, 2.24) is 0 Å². The quantitative estimate of drug-likeness (QED) is 0.568. The van der Waals surface area contributed by atoms with Gasteiger partial charge in [0.05, 0.1) is 5.69 Å². The lowest BCUT2D eigenvalue weighted by Crippen LogP contribution is -1.80. The van der Waals surface area contributed by atoms with Gasteiger partial charge < -0.3 is 0 Å². The smallest absolute Gasteiger partial charge is 0.0658 e. The maximum atomic E-state index is 11.7. The zero-order chi connectivity index (χ0) is 6.69. The lowest BCUT2D eigenvalue weighted by Gasteiger charge is -1.94. The van der Waals surface area contributed by atoms with Gasteiger partial charge in [0, 0.05) is 0 Å². The van der Waals surface area contributed by atoms with Crippen LogP contribution in [-0.2, 0) is 0 Å². The molecule has 1 nitrogen and oxygen atoms in total. The van der Waals surface area contributed by atoms with Crippen LogP contribution in [0.25, 0.3) is 0 Å². The molecule has 0 spiro atoms. The topological polar surface area (TPSA) is 12.0 Å². The van der Waals surface area contributed by atoms with Crippen molar-refractivity contribution in [3.63, 3.8) is 0 Å². The molecular weight excluding hydrogens is 117 g/mol. The third-order valence-corrected chi connectivity index (χ3v) is 1.13. The minimum Gasteiger partial charge on any atom is -0.225 e. The second-order valence-corrected chi connectivity index (χ2v) is 1.96. The summed E-state index contributed by atoms with van der Waals surface area (Å²) in [6.07, 6.45) is 0. The maximum Gasteiger partial charge on any atom is 0.0658 e. The molecular formula is C7H8FN. The van der Waals surface area contributed by atoms with Gasteiger partial charge in [0.15, 0.2) is 0 Å². The minimum atomic E-state index is 0.509. The molecule has 0 radical (unpaired) electrons. The molecule has 0 heterocycles. The van der Waals surface area contributed by atoms with E-state index in [1.807, 2.05) is 13.0 Å². The van der Waals surface area contributed by atoms with Crippen molar-refractivity contribution in [3.05, 3.63) is 29.8 Å². The summed E-state index contributed by atoms with van der Waals surface area (Å²) in [5.41, 5.74) is 3.13. The van der Waals surface area contributed by atoms with Crippen LogP contribution >= 0.6 is 0 Å². The van der Waals surface area contributed by atoms with E-state index in [4.69, 9.17) is 0 Å². The average Bonchev–Trinajstić information content (AvgIpc) is 1.88. The predicted molar refractivity (Wildman–Crippen MR) is 35.9 cm³/mol. The Hall–Kier alpha value is -1.05. The molecule has 48 valence electrons. The number of hydrogen-bond donors (Lipinski definition) is 1. The molecule has 0 aromatic heterocycles. The highest BCUT2D eigenvalue weighted by atomic mass is 19.2. The van der Waals surface area contributed by atoms with Crippen molar-refractivity contribution >= 4 is 5.69 Å². The summed E-state index contributed by atoms with van der Waals surface area (Å²) < 4.78 is 11.7. The van der Waals surface area contributed by atoms with Crippen LogP contribution in [-0.4, -0.2) is 0 Å². The summed E-state index contributed by atoms with van der Waals surface area (Å²) in [5, 5.41) is 0. The van der Waals surface area contributed by atoms with E-state index in [1.54, 1.807) is 23.7 Å². The number of halogens is 1. The van der Waals surface area contributed by atoms with Crippen molar-refractivity contribution in [3.8, 4) is 0 Å². The van der Waals surface area contributed by atoms with Gasteiger partial charge in [-0.25, -0.2) is 5.54 Å². The number of anilines is 1. The molecule has 0 bridgehead atoms. The molecule has 0 aliphatic heterocycles. The highest BCUT2D eigenvalue weighted by molar-refractivity contribution is 5.43. The largest absolute Gasteiger partial charge is 0.225 e. The highest BCUT2D eigenvalue weighted by Crippen LogP contribution is 2.08. The molecule has 1 rings (SSSR count). The molecule has 0 saturated heterocycles. The van der Waals surface area contributed by atoms with Gasteiger partial charge in [-0.05, 0) is 24.6 Å². The van der Waals surface area contributed by atoms with E-state index in [0.29, 0.717) is 5.69 Å². The third-order valence-electron chi connectivity index (χ3n) is 1.13. The van der Waals surface area contributed by atoms with E-state index >= 15 is 0 Å². The summed E-state index contributed by atoms with van der Waals surface area (Å²) in [6.45, 7) is 1.92. The molecule has 0 unspecified atom stereocenters. The van der Waals surface area contributed by atoms with Crippen LogP contribution in [0.3, 0.4) is 0 Å². The summed E-state index contributed by atoms with van der Waals surface area (Å²) in [7, 11) is 0. The fourth-order valence-electron chi connectivity index (χ4n) is 0.704. The van der Waals surface area contributed by atoms with E-state index in [0.717, 1.165) is 5.56 Å². The first-order valence-electron chi connectivity index (χ1n) is 2.76. The van der Waals surface area contributed by atoms with Gasteiger partial charge in [-0.15, -0.1) is 4.48 Å². The molecule has 0 aliphatic carbocycles. The minimum absolute atomic E-state index is 0.509. The summed E-state index contributed by atoms with van der Waals surface area (Å²) in [5.74, 6) is 0. The molecule has 1 aromatic rings. The molecule has 2 heteroatoms. The van der Waals surface area contributed by atoms with E-state index in [9.17, 15) is 4.48 Å². The number of hydrogen-bond acceptors (Lipinski definition) is 1. The van der Waals surface area contributed by atoms with Gasteiger partial charge >= 0.3 is 0 Å². The molecule has 9 heavy (non-hydrogen) atoms. The van der Waals surface area contributed by atoms with Crippen LogP contribution in [0.5, 0.6) is 0 Å². The average molecular weight is 125 g/mol. The normalized spacial score (nSPS) is 9.11. The predicted octanol–water partition coefficient (Wildman–Crippen LogP) is 2.29. The van der Waals surface area contributed by atoms with Gasteiger partial charge in [0.1, 0.15) is 0 Å². The second-order valence-electron chi connectivity index (χ2n) is 1.96. The zero-order valence-corrected chi connectivity index (χ0v) is 5.19. The summed E-state index contributed by atoms with van der Waals surface area (Å²) in [6, 6.07) is 7.13. The van der Waals surface area contributed by atoms with Crippen LogP contribution in [0.4, 0.5) is 10.2 Å². The van der Waals surface area contributed by atoms with Gasteiger partial charge in [0.2, 0.25) is 0 Å². The lowest BCUT2D eigenvalue weighted by molar-refractivity contribution is 0.617. The summed E-state index contributed by atoms with van der Waals surface area (Å²) >= 11 is 0. The van der Waals surface area contributed by atoms with Crippen molar-refractivity contribution < 1.29 is 4.48 Å². The number of rotatable bonds is 1. The van der Waals surface area contributed by atoms with Crippen LogP contribution in [0.1, 0.15) is 5.56 Å². The Morgan fingerprint density at radius 3 is 2.67 bits per heavy atom. The van der Waals surface area contributed by atoms with Gasteiger partial charge in [0.25, 0.3) is 0 Å². The SMILES string of the molecule is Cc1cccc(NF)c1. The van der Waals surface area contributed by atoms with Crippen LogP contribution < -0.4 is 5.54 Å². The standard InChI is InChI=1S/C7H8FN/c1-6-3-2-4-7(5-6)9-8/h2-5,9H,1H3. The van der Waals surface area contributed by atoms with Crippen molar-refractivity contribution in [2.45, 2.75) is 6.92 Å². The van der Waals surface area contributed by atoms with Crippen molar-refractivity contribution in [2.75, 3.05) is 5.54 Å². The Morgan fingerprint density at radius 1 is 1.44 bits per heavy atom. The Balaban J connectivity index is 2.94. The Morgan fingerprint density at radius 2 is 2.22 bits per heavy atom. The molecule has 0 atom stereocenters. The van der Waals surface area contributed by atoms with Gasteiger partial charge in [-0.2, -0.15) is 0 Å². The first-order chi connectivity index (χ1) is 4.33. The number of nitrogens with one attached hydrogen (secondary N) is 1. The first kappa shape index (κ1) is 6.08. The fourth-order valence-corrected chi connectivity index (χ4v) is 0.704. The van der Waals surface area contributed by atoms with Crippen molar-refractivity contribution in [2.24, 2.45) is 0 Å². The van der Waals surface area contributed by atoms with Crippen LogP contribution in [0.15, 0.2) is 24.3 Å². The molecule has 1 N–H and O–H groups in total.